The molecule has 0 aromatic heterocycles. The van der Waals surface area contributed by atoms with Crippen LogP contribution in [0.5, 0.6) is 0 Å². The summed E-state index contributed by atoms with van der Waals surface area (Å²) in [6, 6.07) is 0. The summed E-state index contributed by atoms with van der Waals surface area (Å²) in [5, 5.41) is 3.03. The predicted octanol–water partition coefficient (Wildman–Crippen LogP) is -0.490. The minimum absolute atomic E-state index is 0.0390. The average molecular weight is 242 g/mol. The lowest BCUT2D eigenvalue weighted by Crippen LogP contribution is -2.32. The van der Waals surface area contributed by atoms with Crippen LogP contribution in [0.3, 0.4) is 0 Å². The molecule has 1 rings (SSSR count). The van der Waals surface area contributed by atoms with E-state index in [1.807, 2.05) is 0 Å². The van der Waals surface area contributed by atoms with E-state index in [0.717, 1.165) is 0 Å². The fourth-order valence-electron chi connectivity index (χ4n) is 1.30. The summed E-state index contributed by atoms with van der Waals surface area (Å²) in [5.74, 6) is -1.82. The zero-order valence-corrected chi connectivity index (χ0v) is 9.52. The molecular weight excluding hydrogens is 228 g/mol. The Hall–Kier alpha value is -1.92. The third-order valence-corrected chi connectivity index (χ3v) is 2.13. The topological polar surface area (TPSA) is 92.8 Å². The molecule has 0 saturated carbocycles. The molecule has 7 heteroatoms. The molecule has 1 saturated heterocycles. The van der Waals surface area contributed by atoms with Gasteiger partial charge in [-0.25, -0.2) is 4.79 Å². The second kappa shape index (κ2) is 5.97. The Labute approximate surface area is 98.0 Å². The summed E-state index contributed by atoms with van der Waals surface area (Å²) in [6.45, 7) is 1.73. The van der Waals surface area contributed by atoms with Gasteiger partial charge in [0.05, 0.1) is 0 Å². The fourth-order valence-corrected chi connectivity index (χ4v) is 1.30. The highest BCUT2D eigenvalue weighted by Crippen LogP contribution is 2.12. The Morgan fingerprint density at radius 2 is 1.88 bits per heavy atom. The van der Waals surface area contributed by atoms with E-state index in [-0.39, 0.29) is 25.2 Å². The summed E-state index contributed by atoms with van der Waals surface area (Å²) in [6.07, 6.45) is 0.599. The Kier molecular flexibility index (Phi) is 4.62. The number of hydroxylamine groups is 2. The normalized spacial score (nSPS) is 15.0. The summed E-state index contributed by atoms with van der Waals surface area (Å²) >= 11 is 0. The number of imide groups is 1. The van der Waals surface area contributed by atoms with Crippen LogP contribution in [0.4, 0.5) is 0 Å². The quantitative estimate of drug-likeness (QED) is 0.518. The minimum Gasteiger partial charge on any atom is -0.356 e. The first-order chi connectivity index (χ1) is 8.00. The number of rotatable bonds is 5. The molecule has 7 nitrogen and oxygen atoms in total. The van der Waals surface area contributed by atoms with Crippen molar-refractivity contribution < 1.29 is 24.0 Å². The lowest BCUT2D eigenvalue weighted by atomic mass is 10.3. The van der Waals surface area contributed by atoms with E-state index >= 15 is 0 Å². The van der Waals surface area contributed by atoms with Gasteiger partial charge in [-0.15, -0.1) is 5.06 Å². The van der Waals surface area contributed by atoms with E-state index in [2.05, 4.69) is 10.2 Å². The molecule has 94 valence electrons. The van der Waals surface area contributed by atoms with Crippen molar-refractivity contribution in [3.63, 3.8) is 0 Å². The molecule has 0 unspecified atom stereocenters. The molecule has 17 heavy (non-hydrogen) atoms. The van der Waals surface area contributed by atoms with Gasteiger partial charge in [0.1, 0.15) is 0 Å². The summed E-state index contributed by atoms with van der Waals surface area (Å²) in [5.41, 5.74) is 0. The van der Waals surface area contributed by atoms with Crippen LogP contribution in [0, 0.1) is 0 Å². The van der Waals surface area contributed by atoms with Crippen LogP contribution < -0.4 is 5.32 Å². The monoisotopic (exact) mass is 242 g/mol. The van der Waals surface area contributed by atoms with Gasteiger partial charge in [0.2, 0.25) is 5.91 Å². The van der Waals surface area contributed by atoms with Crippen LogP contribution in [-0.2, 0) is 24.0 Å². The SMILES string of the molecule is CC(=O)NCCCC(=O)ON1C(=O)CCC1=O. The minimum atomic E-state index is -0.654. The van der Waals surface area contributed by atoms with Crippen molar-refractivity contribution in [1.29, 1.82) is 0 Å². The summed E-state index contributed by atoms with van der Waals surface area (Å²) < 4.78 is 0. The number of carbonyl (C=O) groups is 4. The van der Waals surface area contributed by atoms with Crippen LogP contribution in [-0.4, -0.2) is 35.3 Å². The van der Waals surface area contributed by atoms with Crippen LogP contribution in [0.1, 0.15) is 32.6 Å². The van der Waals surface area contributed by atoms with Gasteiger partial charge in [-0.1, -0.05) is 0 Å². The third kappa shape index (κ3) is 4.21. The number of hydrogen-bond donors (Lipinski definition) is 1. The molecule has 0 atom stereocenters. The molecule has 1 aliphatic rings. The van der Waals surface area contributed by atoms with E-state index in [4.69, 9.17) is 0 Å². The largest absolute Gasteiger partial charge is 0.356 e. The van der Waals surface area contributed by atoms with E-state index in [9.17, 15) is 19.2 Å². The highest BCUT2D eigenvalue weighted by molar-refractivity contribution is 6.01. The number of amides is 3. The van der Waals surface area contributed by atoms with Gasteiger partial charge in [-0.2, -0.15) is 0 Å². The fraction of sp³-hybridized carbons (Fsp3) is 0.600. The lowest BCUT2D eigenvalue weighted by molar-refractivity contribution is -0.197. The predicted molar refractivity (Wildman–Crippen MR) is 55.1 cm³/mol. The smallest absolute Gasteiger partial charge is 0.333 e. The zero-order chi connectivity index (χ0) is 12.8. The van der Waals surface area contributed by atoms with Crippen LogP contribution in [0.2, 0.25) is 0 Å². The number of nitrogens with one attached hydrogen (secondary N) is 1. The maximum Gasteiger partial charge on any atom is 0.333 e. The van der Waals surface area contributed by atoms with Crippen LogP contribution >= 0.6 is 0 Å². The molecule has 3 amide bonds. The number of hydrogen-bond acceptors (Lipinski definition) is 5. The van der Waals surface area contributed by atoms with Crippen molar-refractivity contribution in [3.05, 3.63) is 0 Å². The van der Waals surface area contributed by atoms with Crippen molar-refractivity contribution >= 4 is 23.7 Å². The zero-order valence-electron chi connectivity index (χ0n) is 9.52. The Morgan fingerprint density at radius 1 is 1.29 bits per heavy atom. The van der Waals surface area contributed by atoms with Gasteiger partial charge in [0.15, 0.2) is 0 Å². The molecule has 0 spiro atoms. The molecule has 1 fully saturated rings. The van der Waals surface area contributed by atoms with Gasteiger partial charge in [0, 0.05) is 32.7 Å². The Balaban J connectivity index is 2.23. The van der Waals surface area contributed by atoms with Crippen molar-refractivity contribution in [2.24, 2.45) is 0 Å². The summed E-state index contributed by atoms with van der Waals surface area (Å²) in [7, 11) is 0. The van der Waals surface area contributed by atoms with E-state index < -0.39 is 17.8 Å². The number of carbonyl (C=O) groups excluding carboxylic acids is 4. The maximum absolute atomic E-state index is 11.3. The lowest BCUT2D eigenvalue weighted by Gasteiger charge is -2.12. The molecule has 0 aliphatic carbocycles. The second-order valence-electron chi connectivity index (χ2n) is 3.63. The van der Waals surface area contributed by atoms with E-state index in [0.29, 0.717) is 18.0 Å². The third-order valence-electron chi connectivity index (χ3n) is 2.13. The molecule has 0 aromatic carbocycles. The van der Waals surface area contributed by atoms with Crippen molar-refractivity contribution in [2.45, 2.75) is 32.6 Å². The van der Waals surface area contributed by atoms with Gasteiger partial charge >= 0.3 is 5.97 Å². The second-order valence-corrected chi connectivity index (χ2v) is 3.63. The molecule has 0 radical (unpaired) electrons. The molecule has 1 N–H and O–H groups in total. The van der Waals surface area contributed by atoms with Crippen molar-refractivity contribution in [2.75, 3.05) is 6.54 Å². The van der Waals surface area contributed by atoms with Crippen molar-refractivity contribution in [3.8, 4) is 0 Å². The van der Waals surface area contributed by atoms with E-state index in [1.54, 1.807) is 0 Å². The maximum atomic E-state index is 11.3. The molecule has 0 bridgehead atoms. The standard InChI is InChI=1S/C10H14N2O5/c1-7(13)11-6-2-3-10(16)17-12-8(14)4-5-9(12)15/h2-6H2,1H3,(H,11,13). The molecule has 1 heterocycles. The van der Waals surface area contributed by atoms with Crippen molar-refractivity contribution in [1.82, 2.24) is 10.4 Å². The number of nitrogens with zero attached hydrogens (tertiary/aromatic N) is 1. The molecule has 1 aliphatic heterocycles. The highest BCUT2D eigenvalue weighted by Gasteiger charge is 2.32. The van der Waals surface area contributed by atoms with E-state index in [1.165, 1.54) is 6.92 Å². The molecule has 0 aromatic rings. The first kappa shape index (κ1) is 13.1. The van der Waals surface area contributed by atoms with Gasteiger partial charge in [-0.05, 0) is 6.42 Å². The molecular formula is C10H14N2O5. The van der Waals surface area contributed by atoms with Crippen LogP contribution in [0.25, 0.3) is 0 Å². The van der Waals surface area contributed by atoms with Gasteiger partial charge < -0.3 is 10.2 Å². The Morgan fingerprint density at radius 3 is 2.41 bits per heavy atom. The van der Waals surface area contributed by atoms with Gasteiger partial charge in [-0.3, -0.25) is 14.4 Å². The van der Waals surface area contributed by atoms with Gasteiger partial charge in [0.25, 0.3) is 11.8 Å². The summed E-state index contributed by atoms with van der Waals surface area (Å²) in [4.78, 5) is 48.6. The highest BCUT2D eigenvalue weighted by atomic mass is 16.7. The first-order valence-corrected chi connectivity index (χ1v) is 5.31. The van der Waals surface area contributed by atoms with Crippen LogP contribution in [0.15, 0.2) is 0 Å². The average Bonchev–Trinajstić information content (AvgIpc) is 2.56. The first-order valence-electron chi connectivity index (χ1n) is 5.31. The Bertz CT molecular complexity index is 337.